The molecule has 2 atom stereocenters. The quantitative estimate of drug-likeness (QED) is 0.0771. The first-order chi connectivity index (χ1) is 20.3. The maximum atomic E-state index is 12.4. The number of fused-ring (bicyclic) bond motifs is 1. The summed E-state index contributed by atoms with van der Waals surface area (Å²) in [4.78, 5) is 14.1. The lowest BCUT2D eigenvalue weighted by molar-refractivity contribution is -0.0444. The van der Waals surface area contributed by atoms with Crippen molar-refractivity contribution in [2.75, 3.05) is 39.3 Å². The van der Waals surface area contributed by atoms with Gasteiger partial charge in [-0.3, -0.25) is 9.05 Å². The van der Waals surface area contributed by atoms with Crippen molar-refractivity contribution in [3.05, 3.63) is 24.2 Å². The number of aromatic nitrogens is 3. The maximum Gasteiger partial charge on any atom is 0.472 e. The highest BCUT2D eigenvalue weighted by Gasteiger charge is 2.30. The molecular formula is C31H57N4O6P. The van der Waals surface area contributed by atoms with Crippen LogP contribution in [0, 0.1) is 0 Å². The maximum absolute atomic E-state index is 12.4. The van der Waals surface area contributed by atoms with Gasteiger partial charge in [0.2, 0.25) is 0 Å². The van der Waals surface area contributed by atoms with E-state index in [1.807, 2.05) is 19.1 Å². The topological polar surface area (TPSA) is 130 Å². The van der Waals surface area contributed by atoms with Crippen molar-refractivity contribution >= 4 is 19.2 Å². The second kappa shape index (κ2) is 21.2. The molecular weight excluding hydrogens is 555 g/mol. The molecule has 10 nitrogen and oxygen atoms in total. The molecule has 1 unspecified atom stereocenters. The number of hydrogen-bond acceptors (Lipinski definition) is 8. The third-order valence-corrected chi connectivity index (χ3v) is 8.79. The Kier molecular flexibility index (Phi) is 18.5. The van der Waals surface area contributed by atoms with Crippen molar-refractivity contribution < 1.29 is 28.0 Å². The van der Waals surface area contributed by atoms with E-state index in [0.29, 0.717) is 38.3 Å². The van der Waals surface area contributed by atoms with Gasteiger partial charge in [0, 0.05) is 26.0 Å². The van der Waals surface area contributed by atoms with E-state index in [-0.39, 0.29) is 13.2 Å². The first-order valence-electron chi connectivity index (χ1n) is 16.1. The molecule has 0 aliphatic rings. The summed E-state index contributed by atoms with van der Waals surface area (Å²) >= 11 is 0. The van der Waals surface area contributed by atoms with Gasteiger partial charge in [0.1, 0.15) is 11.8 Å². The van der Waals surface area contributed by atoms with E-state index in [1.165, 1.54) is 89.8 Å². The van der Waals surface area contributed by atoms with Crippen molar-refractivity contribution in [2.24, 2.45) is 0 Å². The summed E-state index contributed by atoms with van der Waals surface area (Å²) in [6.07, 6.45) is 21.7. The van der Waals surface area contributed by atoms with Gasteiger partial charge in [0.25, 0.3) is 0 Å². The predicted octanol–water partition coefficient (Wildman–Crippen LogP) is 7.67. The Balaban J connectivity index is 1.45. The van der Waals surface area contributed by atoms with Crippen LogP contribution in [0.15, 0.2) is 18.5 Å². The molecule has 11 heteroatoms. The van der Waals surface area contributed by atoms with E-state index in [9.17, 15) is 9.46 Å². The minimum absolute atomic E-state index is 0.0899. The zero-order valence-corrected chi connectivity index (χ0v) is 27.3. The van der Waals surface area contributed by atoms with Gasteiger partial charge in [-0.2, -0.15) is 5.10 Å². The Bertz CT molecular complexity index is 1020. The number of ether oxygens (including phenoxy) is 2. The lowest BCUT2D eigenvalue weighted by atomic mass is 10.00. The van der Waals surface area contributed by atoms with Gasteiger partial charge in [-0.25, -0.2) is 14.1 Å². The van der Waals surface area contributed by atoms with Crippen molar-refractivity contribution in [2.45, 2.75) is 129 Å². The Labute approximate surface area is 253 Å². The van der Waals surface area contributed by atoms with Gasteiger partial charge in [-0.05, 0) is 44.7 Å². The van der Waals surface area contributed by atoms with Crippen LogP contribution in [0.1, 0.15) is 122 Å². The number of anilines is 1. The van der Waals surface area contributed by atoms with Gasteiger partial charge < -0.3 is 20.1 Å². The molecule has 0 radical (unpaired) electrons. The summed E-state index contributed by atoms with van der Waals surface area (Å²) in [6, 6.07) is 3.80. The molecule has 0 amide bonds. The van der Waals surface area contributed by atoms with Crippen LogP contribution in [0.3, 0.4) is 0 Å². The Hall–Kier alpha value is -1.55. The fourth-order valence-corrected chi connectivity index (χ4v) is 5.79. The largest absolute Gasteiger partial charge is 0.472 e. The Morgan fingerprint density at radius 2 is 1.48 bits per heavy atom. The number of methoxy groups -OCH3 is 1. The average molecular weight is 613 g/mol. The molecule has 3 N–H and O–H groups in total. The Morgan fingerprint density at radius 3 is 2.10 bits per heavy atom. The van der Waals surface area contributed by atoms with Crippen LogP contribution in [0.4, 0.5) is 5.82 Å². The van der Waals surface area contributed by atoms with Crippen molar-refractivity contribution in [1.29, 1.82) is 0 Å². The fourth-order valence-electron chi connectivity index (χ4n) is 4.92. The summed E-state index contributed by atoms with van der Waals surface area (Å²) in [7, 11) is -2.65. The lowest BCUT2D eigenvalue weighted by Crippen LogP contribution is -2.33. The number of nitrogens with zero attached hydrogens (tertiary/aromatic N) is 3. The van der Waals surface area contributed by atoms with Gasteiger partial charge in [-0.1, -0.05) is 90.4 Å². The van der Waals surface area contributed by atoms with Crippen LogP contribution in [0.5, 0.6) is 0 Å². The van der Waals surface area contributed by atoms with E-state index in [0.717, 1.165) is 17.6 Å². The molecule has 2 aromatic heterocycles. The summed E-state index contributed by atoms with van der Waals surface area (Å²) in [5.74, 6) is 0.410. The molecule has 0 saturated heterocycles. The number of phosphoric acid groups is 1. The van der Waals surface area contributed by atoms with Crippen LogP contribution >= 0.6 is 7.82 Å². The monoisotopic (exact) mass is 612 g/mol. The van der Waals surface area contributed by atoms with E-state index >= 15 is 0 Å². The third-order valence-electron chi connectivity index (χ3n) is 7.83. The summed E-state index contributed by atoms with van der Waals surface area (Å²) in [6.45, 7) is 5.31. The summed E-state index contributed by atoms with van der Waals surface area (Å²) in [5, 5.41) is 4.25. The zero-order chi connectivity index (χ0) is 30.5. The minimum Gasteiger partial charge on any atom is -0.382 e. The van der Waals surface area contributed by atoms with Gasteiger partial charge in [-0.15, -0.1) is 0 Å². The minimum atomic E-state index is -4.20. The second-order valence-electron chi connectivity index (χ2n) is 11.6. The molecule has 0 bridgehead atoms. The number of aryl methyl sites for hydroxylation is 1. The zero-order valence-electron chi connectivity index (χ0n) is 26.4. The SMILES string of the molecule is CCCCCCCCCCCCCCCCOCCCOP(=O)(O)OC[C@](C)(CCc1ccc2c(N)ncnn12)OC. The third kappa shape index (κ3) is 15.3. The smallest absolute Gasteiger partial charge is 0.382 e. The van der Waals surface area contributed by atoms with Crippen molar-refractivity contribution in [3.63, 3.8) is 0 Å². The number of hydrogen-bond donors (Lipinski definition) is 2. The van der Waals surface area contributed by atoms with E-state index < -0.39 is 13.4 Å². The van der Waals surface area contributed by atoms with Gasteiger partial charge in [0.15, 0.2) is 5.82 Å². The number of phosphoric ester groups is 1. The highest BCUT2D eigenvalue weighted by Crippen LogP contribution is 2.44. The van der Waals surface area contributed by atoms with Crippen LogP contribution in [-0.2, 0) is 29.5 Å². The van der Waals surface area contributed by atoms with E-state index in [2.05, 4.69) is 17.0 Å². The summed E-state index contributed by atoms with van der Waals surface area (Å²) < 4.78 is 35.8. The molecule has 0 saturated carbocycles. The molecule has 2 aromatic rings. The molecule has 2 heterocycles. The summed E-state index contributed by atoms with van der Waals surface area (Å²) in [5.41, 5.74) is 6.78. The molecule has 242 valence electrons. The average Bonchev–Trinajstić information content (AvgIpc) is 3.41. The predicted molar refractivity (Wildman–Crippen MR) is 169 cm³/mol. The second-order valence-corrected chi connectivity index (χ2v) is 13.0. The number of unbranched alkanes of at least 4 members (excludes halogenated alkanes) is 13. The molecule has 0 aromatic carbocycles. The highest BCUT2D eigenvalue weighted by atomic mass is 31.2. The number of rotatable bonds is 27. The van der Waals surface area contributed by atoms with Crippen LogP contribution < -0.4 is 5.73 Å². The first-order valence-corrected chi connectivity index (χ1v) is 17.6. The molecule has 42 heavy (non-hydrogen) atoms. The van der Waals surface area contributed by atoms with Gasteiger partial charge in [0.05, 0.1) is 18.8 Å². The van der Waals surface area contributed by atoms with Gasteiger partial charge >= 0.3 is 7.82 Å². The molecule has 0 aliphatic carbocycles. The molecule has 0 spiro atoms. The molecule has 0 aliphatic heterocycles. The standard InChI is InChI=1S/C31H57N4O6P/c1-4-5-6-7-8-9-10-11-12-13-14-15-16-17-23-39-24-18-25-40-42(36,37)41-26-31(2,38-3)22-21-28-19-20-29-30(32)33-27-34-35(28)29/h19-20,27H,4-18,21-26H2,1-3H3,(H,36,37)(H2,32,33,34)/t31-/m0/s1. The van der Waals surface area contributed by atoms with Crippen LogP contribution in [0.2, 0.25) is 0 Å². The molecule has 2 rings (SSSR count). The highest BCUT2D eigenvalue weighted by molar-refractivity contribution is 7.47. The Morgan fingerprint density at radius 1 is 0.881 bits per heavy atom. The van der Waals surface area contributed by atoms with Crippen LogP contribution in [-0.4, -0.2) is 58.6 Å². The van der Waals surface area contributed by atoms with Crippen LogP contribution in [0.25, 0.3) is 5.52 Å². The van der Waals surface area contributed by atoms with Crippen molar-refractivity contribution in [3.8, 4) is 0 Å². The van der Waals surface area contributed by atoms with Crippen molar-refractivity contribution in [1.82, 2.24) is 14.6 Å². The molecule has 0 fully saturated rings. The van der Waals surface area contributed by atoms with E-state index in [4.69, 9.17) is 24.3 Å². The first kappa shape index (κ1) is 36.6. The van der Waals surface area contributed by atoms with E-state index in [1.54, 1.807) is 11.6 Å². The number of nitrogen functional groups attached to an aromatic ring is 1. The fraction of sp³-hybridized carbons (Fsp3) is 0.806. The normalized spacial score (nSPS) is 14.8. The number of nitrogens with two attached hydrogens (primary N) is 1. The lowest BCUT2D eigenvalue weighted by Gasteiger charge is -2.28.